The first-order valence-corrected chi connectivity index (χ1v) is 13.9. The number of pyridine rings is 2. The number of aromatic nitrogens is 3. The molecule has 0 bridgehead atoms. The van der Waals surface area contributed by atoms with Crippen LogP contribution in [-0.4, -0.2) is 44.7 Å². The normalized spacial score (nSPS) is 21.2. The number of ether oxygens (including phenoxy) is 1. The van der Waals surface area contributed by atoms with E-state index in [2.05, 4.69) is 10.4 Å². The Labute approximate surface area is 235 Å². The van der Waals surface area contributed by atoms with Crippen LogP contribution in [0.25, 0.3) is 16.8 Å². The molecule has 2 atom stereocenters. The number of hydrogen-bond donors (Lipinski definition) is 3. The van der Waals surface area contributed by atoms with Crippen molar-refractivity contribution in [2.75, 3.05) is 13.2 Å². The highest BCUT2D eigenvalue weighted by Crippen LogP contribution is 2.50. The van der Waals surface area contributed by atoms with E-state index in [4.69, 9.17) is 15.5 Å². The number of fused-ring (bicyclic) bond motifs is 2. The summed E-state index contributed by atoms with van der Waals surface area (Å²) >= 11 is 0. The summed E-state index contributed by atoms with van der Waals surface area (Å²) in [5.74, 6) is -0.562. The lowest BCUT2D eigenvalue weighted by Gasteiger charge is -2.30. The number of carbonyl (C=O) groups is 2. The summed E-state index contributed by atoms with van der Waals surface area (Å²) in [7, 11) is 0. The molecule has 4 aromatic rings. The fraction of sp³-hybridized carbons (Fsp3) is 0.355. The molecule has 210 valence electrons. The van der Waals surface area contributed by atoms with Crippen LogP contribution in [0.5, 0.6) is 5.75 Å². The van der Waals surface area contributed by atoms with Crippen LogP contribution in [0, 0.1) is 11.7 Å². The van der Waals surface area contributed by atoms with Crippen LogP contribution in [0.15, 0.2) is 54.7 Å². The van der Waals surface area contributed by atoms with Crippen molar-refractivity contribution < 1.29 is 23.8 Å². The number of carbonyl (C=O) groups excluding carboxylic acids is 2. The van der Waals surface area contributed by atoms with Gasteiger partial charge in [0, 0.05) is 28.8 Å². The summed E-state index contributed by atoms with van der Waals surface area (Å²) in [4.78, 5) is 30.6. The second kappa shape index (κ2) is 9.10. The topological polar surface area (TPSA) is 132 Å². The Bertz CT molecular complexity index is 1710. The van der Waals surface area contributed by atoms with Gasteiger partial charge in [-0.15, -0.1) is 0 Å². The number of primary amides is 1. The molecule has 3 aliphatic rings. The molecule has 1 aliphatic heterocycles. The first-order chi connectivity index (χ1) is 19.7. The molecule has 4 N–H and O–H groups in total. The van der Waals surface area contributed by atoms with Crippen LogP contribution in [0.2, 0.25) is 0 Å². The van der Waals surface area contributed by atoms with Crippen LogP contribution in [0.4, 0.5) is 4.39 Å². The molecule has 0 radical (unpaired) electrons. The quantitative estimate of drug-likeness (QED) is 0.305. The Morgan fingerprint density at radius 3 is 2.61 bits per heavy atom. The molecule has 0 unspecified atom stereocenters. The van der Waals surface area contributed by atoms with E-state index in [0.29, 0.717) is 39.7 Å². The van der Waals surface area contributed by atoms with Gasteiger partial charge in [0.2, 0.25) is 5.91 Å². The molecule has 2 aliphatic carbocycles. The van der Waals surface area contributed by atoms with Gasteiger partial charge in [0.1, 0.15) is 34.9 Å². The van der Waals surface area contributed by atoms with Crippen molar-refractivity contribution in [2.24, 2.45) is 11.7 Å². The van der Waals surface area contributed by atoms with E-state index < -0.39 is 22.7 Å². The maximum Gasteiger partial charge on any atom is 0.251 e. The van der Waals surface area contributed by atoms with E-state index in [1.807, 2.05) is 6.07 Å². The van der Waals surface area contributed by atoms with Crippen LogP contribution >= 0.6 is 0 Å². The zero-order chi connectivity index (χ0) is 28.5. The number of halogens is 1. The summed E-state index contributed by atoms with van der Waals surface area (Å²) in [5.41, 5.74) is 7.24. The van der Waals surface area contributed by atoms with Crippen molar-refractivity contribution in [1.82, 2.24) is 19.9 Å². The lowest BCUT2D eigenvalue weighted by molar-refractivity contribution is -0.123. The second-order valence-electron chi connectivity index (χ2n) is 11.7. The van der Waals surface area contributed by atoms with Gasteiger partial charge < -0.3 is 20.9 Å². The van der Waals surface area contributed by atoms with Gasteiger partial charge in [-0.1, -0.05) is 0 Å². The van der Waals surface area contributed by atoms with Gasteiger partial charge in [-0.25, -0.2) is 13.9 Å². The summed E-state index contributed by atoms with van der Waals surface area (Å²) in [6, 6.07) is 13.0. The van der Waals surface area contributed by atoms with Crippen LogP contribution in [0.3, 0.4) is 0 Å². The van der Waals surface area contributed by atoms with Gasteiger partial charge in [-0.3, -0.25) is 9.59 Å². The van der Waals surface area contributed by atoms with Gasteiger partial charge in [0.15, 0.2) is 0 Å². The molecule has 2 fully saturated rings. The highest BCUT2D eigenvalue weighted by Gasteiger charge is 2.50. The van der Waals surface area contributed by atoms with E-state index >= 15 is 0 Å². The zero-order valence-electron chi connectivity index (χ0n) is 22.6. The SMILES string of the molecule is C[C@]1(C(N)=O)COc2c1cc([C@@](O)(CNC(=O)c1ccn3nc(C4CC4)cc3c1)C1CC1)nc2-c1ccc(F)cc1. The minimum atomic E-state index is -1.51. The van der Waals surface area contributed by atoms with Crippen LogP contribution in [0.1, 0.15) is 65.8 Å². The maximum absolute atomic E-state index is 13.7. The third-order valence-corrected chi connectivity index (χ3v) is 8.69. The van der Waals surface area contributed by atoms with Gasteiger partial charge in [0.05, 0.1) is 23.4 Å². The number of nitrogens with two attached hydrogens (primary N) is 1. The van der Waals surface area contributed by atoms with Crippen molar-refractivity contribution in [3.63, 3.8) is 0 Å². The fourth-order valence-electron chi connectivity index (χ4n) is 5.67. The van der Waals surface area contributed by atoms with Crippen molar-refractivity contribution in [3.8, 4) is 17.0 Å². The van der Waals surface area contributed by atoms with Gasteiger partial charge >= 0.3 is 0 Å². The van der Waals surface area contributed by atoms with Gasteiger partial charge in [-0.2, -0.15) is 5.10 Å². The molecular weight excluding hydrogens is 525 g/mol. The summed E-state index contributed by atoms with van der Waals surface area (Å²) < 4.78 is 21.4. The lowest BCUT2D eigenvalue weighted by Crippen LogP contribution is -2.44. The molecule has 0 spiro atoms. The Kier molecular flexibility index (Phi) is 5.69. The number of benzene rings is 1. The number of rotatable bonds is 8. The van der Waals surface area contributed by atoms with Crippen molar-refractivity contribution in [1.29, 1.82) is 0 Å². The Balaban J connectivity index is 1.23. The zero-order valence-corrected chi connectivity index (χ0v) is 22.6. The highest BCUT2D eigenvalue weighted by molar-refractivity contribution is 5.95. The lowest BCUT2D eigenvalue weighted by atomic mass is 9.81. The van der Waals surface area contributed by atoms with Gasteiger partial charge in [-0.05, 0) is 87.1 Å². The van der Waals surface area contributed by atoms with Crippen LogP contribution < -0.4 is 15.8 Å². The predicted octanol–water partition coefficient (Wildman–Crippen LogP) is 3.58. The molecule has 2 amide bonds. The van der Waals surface area contributed by atoms with Crippen LogP contribution in [-0.2, 0) is 15.8 Å². The van der Waals surface area contributed by atoms with Crippen molar-refractivity contribution in [3.05, 3.63) is 83.1 Å². The Hall–Kier alpha value is -4.31. The molecule has 7 rings (SSSR count). The summed E-state index contributed by atoms with van der Waals surface area (Å²) in [6.07, 6.45) is 5.56. The molecule has 2 saturated carbocycles. The number of nitrogens with one attached hydrogen (secondary N) is 1. The molecule has 10 heteroatoms. The number of aliphatic hydroxyl groups is 1. The molecule has 41 heavy (non-hydrogen) atoms. The van der Waals surface area contributed by atoms with E-state index in [1.165, 1.54) is 12.1 Å². The highest BCUT2D eigenvalue weighted by atomic mass is 19.1. The largest absolute Gasteiger partial charge is 0.489 e. The average molecular weight is 556 g/mol. The molecule has 3 aromatic heterocycles. The van der Waals surface area contributed by atoms with E-state index in [0.717, 1.165) is 36.9 Å². The van der Waals surface area contributed by atoms with Crippen molar-refractivity contribution >= 4 is 17.3 Å². The first kappa shape index (κ1) is 25.6. The number of amides is 2. The van der Waals surface area contributed by atoms with Crippen molar-refractivity contribution in [2.45, 2.75) is 49.5 Å². The molecule has 4 heterocycles. The Morgan fingerprint density at radius 2 is 1.93 bits per heavy atom. The molecule has 0 saturated heterocycles. The maximum atomic E-state index is 13.7. The van der Waals surface area contributed by atoms with Gasteiger partial charge in [0.25, 0.3) is 5.91 Å². The summed E-state index contributed by atoms with van der Waals surface area (Å²) in [5, 5.41) is 19.6. The third kappa shape index (κ3) is 4.33. The minimum Gasteiger partial charge on any atom is -0.489 e. The second-order valence-corrected chi connectivity index (χ2v) is 11.7. The minimum absolute atomic E-state index is 0.0229. The molecule has 1 aromatic carbocycles. The molecular formula is C31H30FN5O4. The number of nitrogens with zero attached hydrogens (tertiary/aromatic N) is 3. The summed E-state index contributed by atoms with van der Waals surface area (Å²) in [6.45, 7) is 1.63. The first-order valence-electron chi connectivity index (χ1n) is 13.9. The predicted molar refractivity (Wildman–Crippen MR) is 148 cm³/mol. The average Bonchev–Trinajstić information content (AvgIpc) is 3.91. The smallest absolute Gasteiger partial charge is 0.251 e. The monoisotopic (exact) mass is 555 g/mol. The number of hydrogen-bond acceptors (Lipinski definition) is 6. The standard InChI is InChI=1S/C31H30FN5O4/c1-30(29(33)39)16-41-27-23(30)14-25(35-26(27)18-4-8-21(32)9-5-18)31(40,20-6-7-20)15-34-28(38)19-10-11-37-22(12-19)13-24(36-37)17-2-3-17/h4-5,8-14,17,20,40H,2-3,6-7,15-16H2,1H3,(H2,33,39)(H,34,38)/t30-,31+/m0/s1. The third-order valence-electron chi connectivity index (χ3n) is 8.69. The van der Waals surface area contributed by atoms with E-state index in [9.17, 15) is 19.1 Å². The fourth-order valence-corrected chi connectivity index (χ4v) is 5.67. The molecule has 9 nitrogen and oxygen atoms in total. The van der Waals surface area contributed by atoms with E-state index in [-0.39, 0.29) is 25.0 Å². The van der Waals surface area contributed by atoms with E-state index in [1.54, 1.807) is 48.0 Å². The Morgan fingerprint density at radius 1 is 1.17 bits per heavy atom.